The van der Waals surface area contributed by atoms with Crippen LogP contribution in [0.2, 0.25) is 0 Å². The zero-order chi connectivity index (χ0) is 8.44. The number of aromatic nitrogens is 1. The second-order valence-electron chi connectivity index (χ2n) is 3.56. The van der Waals surface area contributed by atoms with Gasteiger partial charge in [0.1, 0.15) is 6.29 Å². The molecule has 0 amide bonds. The van der Waals surface area contributed by atoms with Crippen LogP contribution in [0.4, 0.5) is 0 Å². The van der Waals surface area contributed by atoms with Crippen molar-refractivity contribution in [1.29, 1.82) is 0 Å². The van der Waals surface area contributed by atoms with Crippen molar-refractivity contribution in [2.45, 2.75) is 31.1 Å². The molecule has 1 saturated carbocycles. The third-order valence-corrected chi connectivity index (χ3v) is 2.86. The molecule has 1 fully saturated rings. The first-order valence-electron chi connectivity index (χ1n) is 4.48. The zero-order valence-corrected chi connectivity index (χ0v) is 7.05. The molecule has 1 aliphatic rings. The molecule has 0 aliphatic heterocycles. The molecule has 2 nitrogen and oxygen atoms in total. The summed E-state index contributed by atoms with van der Waals surface area (Å²) in [6.07, 6.45) is 7.38. The van der Waals surface area contributed by atoms with E-state index >= 15 is 0 Å². The van der Waals surface area contributed by atoms with Crippen LogP contribution in [0.3, 0.4) is 0 Å². The predicted octanol–water partition coefficient (Wildman–Crippen LogP) is 2.03. The Morgan fingerprint density at radius 2 is 2.17 bits per heavy atom. The maximum Gasteiger partial charge on any atom is 0.132 e. The number of hydrogen-bond donors (Lipinski definition) is 1. The number of hydrogen-bond acceptors (Lipinski definition) is 1. The largest absolute Gasteiger partial charge is 0.364 e. The van der Waals surface area contributed by atoms with Crippen molar-refractivity contribution in [3.8, 4) is 0 Å². The summed E-state index contributed by atoms with van der Waals surface area (Å²) < 4.78 is 0. The van der Waals surface area contributed by atoms with Crippen LogP contribution < -0.4 is 0 Å². The second-order valence-corrected chi connectivity index (χ2v) is 3.56. The van der Waals surface area contributed by atoms with Gasteiger partial charge in [0.05, 0.1) is 5.41 Å². The smallest absolute Gasteiger partial charge is 0.132 e. The number of aromatic amines is 1. The monoisotopic (exact) mass is 163 g/mol. The molecule has 0 aromatic carbocycles. The quantitative estimate of drug-likeness (QED) is 0.665. The van der Waals surface area contributed by atoms with Crippen LogP contribution >= 0.6 is 0 Å². The molecule has 0 spiro atoms. The van der Waals surface area contributed by atoms with Gasteiger partial charge in [-0.25, -0.2) is 0 Å². The Morgan fingerprint density at radius 3 is 2.67 bits per heavy atom. The Hall–Kier alpha value is -1.05. The summed E-state index contributed by atoms with van der Waals surface area (Å²) in [5, 5.41) is 0. The molecule has 0 radical (unpaired) electrons. The molecule has 1 aliphatic carbocycles. The van der Waals surface area contributed by atoms with E-state index in [9.17, 15) is 4.79 Å². The SMILES string of the molecule is O=CC1(c2ccc[nH]2)CCCC1. The van der Waals surface area contributed by atoms with E-state index in [1.165, 1.54) is 12.8 Å². The zero-order valence-electron chi connectivity index (χ0n) is 7.05. The number of H-pyrrole nitrogens is 1. The summed E-state index contributed by atoms with van der Waals surface area (Å²) in [6.45, 7) is 0. The summed E-state index contributed by atoms with van der Waals surface area (Å²) in [7, 11) is 0. The van der Waals surface area contributed by atoms with E-state index in [1.54, 1.807) is 0 Å². The van der Waals surface area contributed by atoms with Crippen LogP contribution in [0, 0.1) is 0 Å². The van der Waals surface area contributed by atoms with Gasteiger partial charge in [-0.15, -0.1) is 0 Å². The summed E-state index contributed by atoms with van der Waals surface area (Å²) in [5.74, 6) is 0. The third kappa shape index (κ3) is 0.986. The molecule has 2 rings (SSSR count). The van der Waals surface area contributed by atoms with Crippen LogP contribution in [0.15, 0.2) is 18.3 Å². The molecule has 1 N–H and O–H groups in total. The number of carbonyl (C=O) groups excluding carboxylic acids is 1. The summed E-state index contributed by atoms with van der Waals surface area (Å²) in [5.41, 5.74) is 0.916. The average Bonchev–Trinajstić information content (AvgIpc) is 2.76. The number of nitrogens with one attached hydrogen (secondary N) is 1. The van der Waals surface area contributed by atoms with Crippen molar-refractivity contribution in [2.75, 3.05) is 0 Å². The van der Waals surface area contributed by atoms with Crippen molar-refractivity contribution in [1.82, 2.24) is 4.98 Å². The highest BCUT2D eigenvalue weighted by Crippen LogP contribution is 2.38. The molecule has 0 atom stereocenters. The number of aldehydes is 1. The van der Waals surface area contributed by atoms with E-state index in [0.29, 0.717) is 0 Å². The highest BCUT2D eigenvalue weighted by atomic mass is 16.1. The van der Waals surface area contributed by atoms with Gasteiger partial charge < -0.3 is 9.78 Å². The van der Waals surface area contributed by atoms with E-state index < -0.39 is 0 Å². The molecule has 0 saturated heterocycles. The lowest BCUT2D eigenvalue weighted by molar-refractivity contribution is -0.112. The summed E-state index contributed by atoms with van der Waals surface area (Å²) >= 11 is 0. The molecule has 0 bridgehead atoms. The third-order valence-electron chi connectivity index (χ3n) is 2.86. The Balaban J connectivity index is 2.34. The van der Waals surface area contributed by atoms with Gasteiger partial charge in [-0.05, 0) is 25.0 Å². The summed E-state index contributed by atoms with van der Waals surface area (Å²) in [6, 6.07) is 3.97. The Kier molecular flexibility index (Phi) is 1.75. The Morgan fingerprint density at radius 1 is 1.42 bits per heavy atom. The van der Waals surface area contributed by atoms with Crippen molar-refractivity contribution in [3.05, 3.63) is 24.0 Å². The van der Waals surface area contributed by atoms with E-state index in [2.05, 4.69) is 4.98 Å². The molecule has 2 heteroatoms. The first-order valence-corrected chi connectivity index (χ1v) is 4.48. The first kappa shape index (κ1) is 7.59. The van der Waals surface area contributed by atoms with Crippen LogP contribution in [-0.2, 0) is 10.2 Å². The van der Waals surface area contributed by atoms with Gasteiger partial charge in [0.2, 0.25) is 0 Å². The fourth-order valence-electron chi connectivity index (χ4n) is 2.10. The Labute approximate surface area is 72.0 Å². The number of rotatable bonds is 2. The van der Waals surface area contributed by atoms with E-state index in [-0.39, 0.29) is 5.41 Å². The number of carbonyl (C=O) groups is 1. The highest BCUT2D eigenvalue weighted by Gasteiger charge is 2.35. The van der Waals surface area contributed by atoms with Gasteiger partial charge in [-0.3, -0.25) is 0 Å². The normalized spacial score (nSPS) is 21.0. The standard InChI is InChI=1S/C10H13NO/c12-8-10(5-1-2-6-10)9-4-3-7-11-9/h3-4,7-8,11H,1-2,5-6H2. The van der Waals surface area contributed by atoms with Gasteiger partial charge in [0.15, 0.2) is 0 Å². The molecule has 12 heavy (non-hydrogen) atoms. The molecule has 1 aromatic heterocycles. The van der Waals surface area contributed by atoms with Gasteiger partial charge in [-0.1, -0.05) is 12.8 Å². The molecular weight excluding hydrogens is 150 g/mol. The summed E-state index contributed by atoms with van der Waals surface area (Å²) in [4.78, 5) is 14.1. The Bertz CT molecular complexity index is 257. The molecule has 64 valence electrons. The van der Waals surface area contributed by atoms with Crippen LogP contribution in [0.1, 0.15) is 31.4 Å². The van der Waals surface area contributed by atoms with E-state index in [0.717, 1.165) is 24.8 Å². The average molecular weight is 163 g/mol. The van der Waals surface area contributed by atoms with Crippen LogP contribution in [0.25, 0.3) is 0 Å². The van der Waals surface area contributed by atoms with Gasteiger partial charge >= 0.3 is 0 Å². The lowest BCUT2D eigenvalue weighted by Crippen LogP contribution is -2.23. The molecule has 0 unspecified atom stereocenters. The fraction of sp³-hybridized carbons (Fsp3) is 0.500. The molecule has 1 heterocycles. The van der Waals surface area contributed by atoms with Crippen molar-refractivity contribution in [2.24, 2.45) is 0 Å². The van der Waals surface area contributed by atoms with Gasteiger partial charge in [0.25, 0.3) is 0 Å². The highest BCUT2D eigenvalue weighted by molar-refractivity contribution is 5.68. The van der Waals surface area contributed by atoms with Gasteiger partial charge in [-0.2, -0.15) is 0 Å². The second kappa shape index (κ2) is 2.77. The van der Waals surface area contributed by atoms with Crippen molar-refractivity contribution >= 4 is 6.29 Å². The molecular formula is C10H13NO. The molecule has 1 aromatic rings. The lowest BCUT2D eigenvalue weighted by atomic mass is 9.85. The van der Waals surface area contributed by atoms with Gasteiger partial charge in [0, 0.05) is 11.9 Å². The minimum Gasteiger partial charge on any atom is -0.364 e. The fourth-order valence-corrected chi connectivity index (χ4v) is 2.10. The van der Waals surface area contributed by atoms with Crippen molar-refractivity contribution in [3.63, 3.8) is 0 Å². The lowest BCUT2D eigenvalue weighted by Gasteiger charge is -2.19. The van der Waals surface area contributed by atoms with Crippen molar-refractivity contribution < 1.29 is 4.79 Å². The van der Waals surface area contributed by atoms with E-state index in [1.807, 2.05) is 18.3 Å². The maximum atomic E-state index is 11.0. The minimum atomic E-state index is -0.177. The topological polar surface area (TPSA) is 32.9 Å². The predicted molar refractivity (Wildman–Crippen MR) is 47.0 cm³/mol. The van der Waals surface area contributed by atoms with E-state index in [4.69, 9.17) is 0 Å². The van der Waals surface area contributed by atoms with Crippen LogP contribution in [-0.4, -0.2) is 11.3 Å². The van der Waals surface area contributed by atoms with Crippen LogP contribution in [0.5, 0.6) is 0 Å². The first-order chi connectivity index (χ1) is 5.87. The maximum absolute atomic E-state index is 11.0. The minimum absolute atomic E-state index is 0.177.